The second-order valence-corrected chi connectivity index (χ2v) is 4.05. The van der Waals surface area contributed by atoms with E-state index in [1.165, 1.54) is 19.3 Å². The number of unbranched alkanes of at least 4 members (excludes halogenated alkanes) is 2. The van der Waals surface area contributed by atoms with Crippen molar-refractivity contribution in [2.45, 2.75) is 46.1 Å². The fraction of sp³-hybridized carbons (Fsp3) is 0.833. The number of hydrogen-bond donors (Lipinski definition) is 1. The molecule has 0 aliphatic rings. The topological polar surface area (TPSA) is 21.3 Å². The Kier molecular flexibility index (Phi) is 9.00. The first-order valence-electron chi connectivity index (χ1n) is 5.64. The van der Waals surface area contributed by atoms with Gasteiger partial charge in [-0.15, -0.1) is 0 Å². The Labute approximate surface area is 88.7 Å². The average molecular weight is 199 g/mol. The predicted octanol–water partition coefficient (Wildman–Crippen LogP) is 2.75. The van der Waals surface area contributed by atoms with E-state index >= 15 is 0 Å². The highest BCUT2D eigenvalue weighted by Crippen LogP contribution is 1.96. The van der Waals surface area contributed by atoms with Crippen LogP contribution in [0, 0.1) is 0 Å². The third-order valence-corrected chi connectivity index (χ3v) is 1.96. The Bertz CT molecular complexity index is 143. The molecule has 0 radical (unpaired) electrons. The molecule has 0 unspecified atom stereocenters. The lowest BCUT2D eigenvalue weighted by molar-refractivity contribution is 0.150. The number of nitrogens with one attached hydrogen (secondary N) is 1. The molecule has 0 aliphatic heterocycles. The summed E-state index contributed by atoms with van der Waals surface area (Å²) < 4.78 is 5.49. The molecule has 0 fully saturated rings. The molecule has 0 bridgehead atoms. The summed E-state index contributed by atoms with van der Waals surface area (Å²) in [7, 11) is 0. The maximum Gasteiger partial charge on any atom is 0.0686 e. The van der Waals surface area contributed by atoms with Crippen LogP contribution in [0.4, 0.5) is 0 Å². The Morgan fingerprint density at radius 1 is 1.36 bits per heavy atom. The Balaban J connectivity index is 3.18. The van der Waals surface area contributed by atoms with Crippen molar-refractivity contribution in [2.24, 2.45) is 0 Å². The maximum absolute atomic E-state index is 5.49. The van der Waals surface area contributed by atoms with Gasteiger partial charge in [-0.3, -0.25) is 0 Å². The molecular formula is C12H25NO. The zero-order chi connectivity index (χ0) is 10.8. The van der Waals surface area contributed by atoms with Crippen LogP contribution in [-0.4, -0.2) is 25.8 Å². The van der Waals surface area contributed by atoms with Crippen molar-refractivity contribution in [2.75, 3.05) is 19.8 Å². The van der Waals surface area contributed by atoms with Gasteiger partial charge in [-0.2, -0.15) is 0 Å². The minimum atomic E-state index is 0.520. The van der Waals surface area contributed by atoms with E-state index in [2.05, 4.69) is 32.7 Å². The van der Waals surface area contributed by atoms with E-state index in [1.54, 1.807) is 0 Å². The minimum absolute atomic E-state index is 0.520. The van der Waals surface area contributed by atoms with Gasteiger partial charge in [-0.1, -0.05) is 40.2 Å². The second kappa shape index (κ2) is 9.22. The van der Waals surface area contributed by atoms with E-state index in [4.69, 9.17) is 4.74 Å². The molecule has 0 saturated carbocycles. The van der Waals surface area contributed by atoms with Gasteiger partial charge in [0.25, 0.3) is 0 Å². The van der Waals surface area contributed by atoms with Gasteiger partial charge >= 0.3 is 0 Å². The van der Waals surface area contributed by atoms with Crippen molar-refractivity contribution in [1.82, 2.24) is 5.32 Å². The van der Waals surface area contributed by atoms with Crippen molar-refractivity contribution in [1.29, 1.82) is 0 Å². The molecule has 0 saturated heterocycles. The highest BCUT2D eigenvalue weighted by Gasteiger charge is 1.96. The molecule has 0 rings (SSSR count). The van der Waals surface area contributed by atoms with Crippen molar-refractivity contribution in [3.05, 3.63) is 12.2 Å². The molecule has 0 aromatic carbocycles. The zero-order valence-electron chi connectivity index (χ0n) is 9.94. The van der Waals surface area contributed by atoms with Crippen LogP contribution in [0.25, 0.3) is 0 Å². The predicted molar refractivity (Wildman–Crippen MR) is 62.6 cm³/mol. The Hall–Kier alpha value is -0.340. The summed E-state index contributed by atoms with van der Waals surface area (Å²) >= 11 is 0. The van der Waals surface area contributed by atoms with E-state index in [0.29, 0.717) is 12.6 Å². The van der Waals surface area contributed by atoms with Crippen molar-refractivity contribution < 1.29 is 4.74 Å². The van der Waals surface area contributed by atoms with E-state index < -0.39 is 0 Å². The molecule has 2 nitrogen and oxygen atoms in total. The lowest BCUT2D eigenvalue weighted by Gasteiger charge is -2.10. The van der Waals surface area contributed by atoms with Gasteiger partial charge in [0, 0.05) is 19.2 Å². The summed E-state index contributed by atoms with van der Waals surface area (Å²) in [6.45, 7) is 12.9. The van der Waals surface area contributed by atoms with Crippen molar-refractivity contribution in [3.8, 4) is 0 Å². The SMILES string of the molecule is C=C(CNC(C)C)COCCCCC. The van der Waals surface area contributed by atoms with E-state index in [0.717, 1.165) is 18.7 Å². The summed E-state index contributed by atoms with van der Waals surface area (Å²) in [5.74, 6) is 0. The maximum atomic E-state index is 5.49. The number of hydrogen-bond acceptors (Lipinski definition) is 2. The zero-order valence-corrected chi connectivity index (χ0v) is 9.94. The smallest absolute Gasteiger partial charge is 0.0686 e. The first-order valence-corrected chi connectivity index (χ1v) is 5.64. The first-order chi connectivity index (χ1) is 6.66. The lowest BCUT2D eigenvalue weighted by Crippen LogP contribution is -2.25. The van der Waals surface area contributed by atoms with E-state index in [1.807, 2.05) is 0 Å². The summed E-state index contributed by atoms with van der Waals surface area (Å²) in [5, 5.41) is 3.32. The van der Waals surface area contributed by atoms with E-state index in [9.17, 15) is 0 Å². The van der Waals surface area contributed by atoms with Crippen LogP contribution in [0.5, 0.6) is 0 Å². The molecule has 0 atom stereocenters. The standard InChI is InChI=1S/C12H25NO/c1-5-6-7-8-14-10-12(4)9-13-11(2)3/h11,13H,4-10H2,1-3H3. The summed E-state index contributed by atoms with van der Waals surface area (Å²) in [4.78, 5) is 0. The van der Waals surface area contributed by atoms with Crippen molar-refractivity contribution >= 4 is 0 Å². The molecule has 1 N–H and O–H groups in total. The van der Waals surface area contributed by atoms with Gasteiger partial charge < -0.3 is 10.1 Å². The van der Waals surface area contributed by atoms with Gasteiger partial charge in [0.15, 0.2) is 0 Å². The first kappa shape index (κ1) is 13.7. The molecule has 84 valence electrons. The molecule has 14 heavy (non-hydrogen) atoms. The van der Waals surface area contributed by atoms with Crippen LogP contribution in [0.3, 0.4) is 0 Å². The van der Waals surface area contributed by atoms with Crippen LogP contribution in [0.2, 0.25) is 0 Å². The quantitative estimate of drug-likeness (QED) is 0.455. The van der Waals surface area contributed by atoms with Gasteiger partial charge in [-0.05, 0) is 12.0 Å². The normalized spacial score (nSPS) is 10.9. The molecule has 0 heterocycles. The molecule has 0 aliphatic carbocycles. The number of rotatable bonds is 9. The largest absolute Gasteiger partial charge is 0.377 e. The summed E-state index contributed by atoms with van der Waals surface area (Å²) in [6.07, 6.45) is 3.68. The monoisotopic (exact) mass is 199 g/mol. The third kappa shape index (κ3) is 9.75. The van der Waals surface area contributed by atoms with Gasteiger partial charge in [0.2, 0.25) is 0 Å². The van der Waals surface area contributed by atoms with Crippen LogP contribution in [0.1, 0.15) is 40.0 Å². The third-order valence-electron chi connectivity index (χ3n) is 1.96. The molecular weight excluding hydrogens is 174 g/mol. The highest BCUT2D eigenvalue weighted by molar-refractivity contribution is 4.97. The Morgan fingerprint density at radius 2 is 2.07 bits per heavy atom. The summed E-state index contributed by atoms with van der Waals surface area (Å²) in [5.41, 5.74) is 1.13. The van der Waals surface area contributed by atoms with Crippen LogP contribution >= 0.6 is 0 Å². The van der Waals surface area contributed by atoms with Crippen molar-refractivity contribution in [3.63, 3.8) is 0 Å². The fourth-order valence-electron chi connectivity index (χ4n) is 1.07. The van der Waals surface area contributed by atoms with Crippen LogP contribution in [0.15, 0.2) is 12.2 Å². The fourth-order valence-corrected chi connectivity index (χ4v) is 1.07. The average Bonchev–Trinajstić information content (AvgIpc) is 2.14. The lowest BCUT2D eigenvalue weighted by atomic mass is 10.2. The molecule has 2 heteroatoms. The molecule has 0 amide bonds. The highest BCUT2D eigenvalue weighted by atomic mass is 16.5. The van der Waals surface area contributed by atoms with Crippen LogP contribution < -0.4 is 5.32 Å². The number of ether oxygens (including phenoxy) is 1. The van der Waals surface area contributed by atoms with Crippen LogP contribution in [-0.2, 0) is 4.74 Å². The summed E-state index contributed by atoms with van der Waals surface area (Å²) in [6, 6.07) is 0.520. The molecule has 0 spiro atoms. The Morgan fingerprint density at radius 3 is 2.64 bits per heavy atom. The second-order valence-electron chi connectivity index (χ2n) is 4.05. The molecule has 0 aromatic rings. The molecule has 0 aromatic heterocycles. The van der Waals surface area contributed by atoms with E-state index in [-0.39, 0.29) is 0 Å². The van der Waals surface area contributed by atoms with Gasteiger partial charge in [0.1, 0.15) is 0 Å². The van der Waals surface area contributed by atoms with Gasteiger partial charge in [0.05, 0.1) is 6.61 Å². The van der Waals surface area contributed by atoms with Gasteiger partial charge in [-0.25, -0.2) is 0 Å². The minimum Gasteiger partial charge on any atom is -0.377 e.